The quantitative estimate of drug-likeness (QED) is 0.388. The van der Waals surface area contributed by atoms with E-state index in [0.717, 1.165) is 18.4 Å². The molecule has 10 heteroatoms. The van der Waals surface area contributed by atoms with Gasteiger partial charge in [0.1, 0.15) is 11.6 Å². The average Bonchev–Trinajstić information content (AvgIpc) is 3.20. The van der Waals surface area contributed by atoms with Gasteiger partial charge in [-0.15, -0.1) is 10.2 Å². The Morgan fingerprint density at radius 1 is 1.22 bits per heavy atom. The number of nitrogens with zero attached hydrogens (tertiary/aromatic N) is 2. The van der Waals surface area contributed by atoms with Gasteiger partial charge in [-0.2, -0.15) is 0 Å². The number of carbonyl (C=O) groups is 2. The molecule has 204 valence electrons. The molecule has 1 unspecified atom stereocenters. The second-order valence-corrected chi connectivity index (χ2v) is 10.8. The molecule has 1 heterocycles. The van der Waals surface area contributed by atoms with Gasteiger partial charge < -0.3 is 19.8 Å². The molecule has 0 radical (unpaired) electrons. The largest absolute Gasteiger partial charge is 0.444 e. The van der Waals surface area contributed by atoms with Gasteiger partial charge in [0.15, 0.2) is 0 Å². The minimum absolute atomic E-state index is 0.0312. The second-order valence-electron chi connectivity index (χ2n) is 10.8. The predicted molar refractivity (Wildman–Crippen MR) is 136 cm³/mol. The number of ether oxygens (including phenoxy) is 1. The number of hydrogen-bond donors (Lipinski definition) is 2. The van der Waals surface area contributed by atoms with Crippen LogP contribution in [0.25, 0.3) is 11.5 Å². The van der Waals surface area contributed by atoms with E-state index < -0.39 is 23.7 Å². The van der Waals surface area contributed by atoms with Gasteiger partial charge in [-0.25, -0.2) is 13.6 Å². The Kier molecular flexibility index (Phi) is 9.26. The Hall–Kier alpha value is -3.04. The van der Waals surface area contributed by atoms with Crippen LogP contribution in [0.15, 0.2) is 22.6 Å². The Morgan fingerprint density at radius 3 is 2.68 bits per heavy atom. The van der Waals surface area contributed by atoms with Crippen LogP contribution in [0.1, 0.15) is 84.1 Å². The number of benzene rings is 1. The summed E-state index contributed by atoms with van der Waals surface area (Å²) in [7, 11) is 0. The van der Waals surface area contributed by atoms with Gasteiger partial charge in [0.2, 0.25) is 23.6 Å². The lowest BCUT2D eigenvalue weighted by Gasteiger charge is -2.23. The predicted octanol–water partition coefficient (Wildman–Crippen LogP) is 6.44. The highest BCUT2D eigenvalue weighted by Crippen LogP contribution is 2.36. The van der Waals surface area contributed by atoms with E-state index in [4.69, 9.17) is 9.15 Å². The molecule has 2 amide bonds. The fourth-order valence-electron chi connectivity index (χ4n) is 4.33. The third-order valence-corrected chi connectivity index (χ3v) is 6.46. The molecule has 1 saturated carbocycles. The number of rotatable bonds is 8. The number of alkyl carbamates (subject to hydrolysis) is 1. The van der Waals surface area contributed by atoms with Crippen molar-refractivity contribution in [3.8, 4) is 11.5 Å². The number of nitrogens with one attached hydrogen (secondary N) is 2. The zero-order chi connectivity index (χ0) is 27.2. The standard InChI is InChI=1S/C27H38F2N4O4/c1-6-20(31-25(35)37-26(3,4)5)23(34)30-21-16-19(11-9-17(21)2)24-33-32-22(36-24)12-10-18-8-7-14-27(28,29)15-13-18/h9,11,16,18,20H,6-8,10,12-15H2,1-5H3,(H,30,34)(H,31,35)/t18?,20-/m0/s1. The summed E-state index contributed by atoms with van der Waals surface area (Å²) < 4.78 is 38.3. The smallest absolute Gasteiger partial charge is 0.408 e. The van der Waals surface area contributed by atoms with Gasteiger partial charge in [-0.1, -0.05) is 19.4 Å². The minimum Gasteiger partial charge on any atom is -0.444 e. The van der Waals surface area contributed by atoms with E-state index >= 15 is 0 Å². The summed E-state index contributed by atoms with van der Waals surface area (Å²) in [6, 6.07) is 4.64. The number of halogens is 2. The van der Waals surface area contributed by atoms with Crippen molar-refractivity contribution >= 4 is 17.7 Å². The van der Waals surface area contributed by atoms with E-state index in [0.29, 0.717) is 48.7 Å². The van der Waals surface area contributed by atoms with Crippen molar-refractivity contribution in [1.82, 2.24) is 15.5 Å². The van der Waals surface area contributed by atoms with Crippen LogP contribution in [-0.2, 0) is 16.0 Å². The highest BCUT2D eigenvalue weighted by molar-refractivity contribution is 5.97. The fraction of sp³-hybridized carbons (Fsp3) is 0.630. The maximum absolute atomic E-state index is 13.6. The van der Waals surface area contributed by atoms with Crippen molar-refractivity contribution in [2.75, 3.05) is 5.32 Å². The number of aryl methyl sites for hydroxylation is 2. The highest BCUT2D eigenvalue weighted by atomic mass is 19.3. The minimum atomic E-state index is -2.55. The van der Waals surface area contributed by atoms with Gasteiger partial charge in [0.05, 0.1) is 0 Å². The maximum atomic E-state index is 13.6. The number of alkyl halides is 2. The summed E-state index contributed by atoms with van der Waals surface area (Å²) in [5.74, 6) is -1.91. The molecular formula is C27H38F2N4O4. The topological polar surface area (TPSA) is 106 Å². The van der Waals surface area contributed by atoms with Crippen LogP contribution in [0.2, 0.25) is 0 Å². The van der Waals surface area contributed by atoms with Crippen LogP contribution in [0.3, 0.4) is 0 Å². The van der Waals surface area contributed by atoms with Crippen molar-refractivity contribution in [1.29, 1.82) is 0 Å². The van der Waals surface area contributed by atoms with Gasteiger partial charge >= 0.3 is 6.09 Å². The van der Waals surface area contributed by atoms with Crippen LogP contribution in [-0.4, -0.2) is 39.8 Å². The summed E-state index contributed by atoms with van der Waals surface area (Å²) in [6.07, 6.45) is 2.74. The highest BCUT2D eigenvalue weighted by Gasteiger charge is 2.32. The average molecular weight is 521 g/mol. The van der Waals surface area contributed by atoms with Crippen LogP contribution >= 0.6 is 0 Å². The molecule has 1 aliphatic rings. The summed E-state index contributed by atoms with van der Waals surface area (Å²) in [5.41, 5.74) is 1.36. The molecule has 3 rings (SSSR count). The van der Waals surface area contributed by atoms with E-state index in [9.17, 15) is 18.4 Å². The SMILES string of the molecule is CC[C@H](NC(=O)OC(C)(C)C)C(=O)Nc1cc(-c2nnc(CCC3CCCC(F)(F)CC3)o2)ccc1C. The van der Waals surface area contributed by atoms with Crippen molar-refractivity contribution < 1.29 is 27.5 Å². The lowest BCUT2D eigenvalue weighted by Crippen LogP contribution is -2.45. The van der Waals surface area contributed by atoms with Crippen LogP contribution in [0.5, 0.6) is 0 Å². The second kappa shape index (κ2) is 12.0. The molecule has 0 aliphatic heterocycles. The molecule has 1 aliphatic carbocycles. The van der Waals surface area contributed by atoms with Crippen LogP contribution < -0.4 is 10.6 Å². The number of anilines is 1. The van der Waals surface area contributed by atoms with E-state index in [2.05, 4.69) is 20.8 Å². The molecule has 1 aromatic carbocycles. The Labute approximate surface area is 216 Å². The Balaban J connectivity index is 1.62. The lowest BCUT2D eigenvalue weighted by molar-refractivity contribution is -0.118. The molecule has 2 N–H and O–H groups in total. The Morgan fingerprint density at radius 2 is 1.97 bits per heavy atom. The third kappa shape index (κ3) is 8.79. The van der Waals surface area contributed by atoms with Gasteiger partial charge in [0.25, 0.3) is 0 Å². The molecule has 1 aromatic heterocycles. The Bertz CT molecular complexity index is 1080. The molecule has 8 nitrogen and oxygen atoms in total. The molecule has 2 atom stereocenters. The normalized spacial score (nSPS) is 18.5. The summed E-state index contributed by atoms with van der Waals surface area (Å²) in [6.45, 7) is 8.92. The monoisotopic (exact) mass is 520 g/mol. The molecule has 2 aromatic rings. The molecular weight excluding hydrogens is 482 g/mol. The summed E-state index contributed by atoms with van der Waals surface area (Å²) >= 11 is 0. The third-order valence-electron chi connectivity index (χ3n) is 6.46. The maximum Gasteiger partial charge on any atom is 0.408 e. The van der Waals surface area contributed by atoms with Crippen molar-refractivity contribution in [2.24, 2.45) is 5.92 Å². The van der Waals surface area contributed by atoms with Crippen LogP contribution in [0, 0.1) is 12.8 Å². The zero-order valence-corrected chi connectivity index (χ0v) is 22.3. The van der Waals surface area contributed by atoms with Crippen molar-refractivity contribution in [3.05, 3.63) is 29.7 Å². The first-order valence-electron chi connectivity index (χ1n) is 13.0. The number of aromatic nitrogens is 2. The van der Waals surface area contributed by atoms with E-state index in [-0.39, 0.29) is 24.7 Å². The number of carbonyl (C=O) groups excluding carboxylic acids is 2. The molecule has 0 spiro atoms. The van der Waals surface area contributed by atoms with Gasteiger partial charge in [-0.3, -0.25) is 4.79 Å². The molecule has 0 bridgehead atoms. The fourth-order valence-corrected chi connectivity index (χ4v) is 4.33. The van der Waals surface area contributed by atoms with E-state index in [1.807, 2.05) is 19.1 Å². The van der Waals surface area contributed by atoms with Crippen LogP contribution in [0.4, 0.5) is 19.3 Å². The molecule has 0 saturated heterocycles. The lowest BCUT2D eigenvalue weighted by atomic mass is 9.95. The molecule has 1 fully saturated rings. The first kappa shape index (κ1) is 28.5. The first-order chi connectivity index (χ1) is 17.3. The number of amides is 2. The zero-order valence-electron chi connectivity index (χ0n) is 22.3. The molecule has 37 heavy (non-hydrogen) atoms. The van der Waals surface area contributed by atoms with E-state index in [1.165, 1.54) is 0 Å². The van der Waals surface area contributed by atoms with Crippen molar-refractivity contribution in [2.45, 2.75) is 104 Å². The van der Waals surface area contributed by atoms with E-state index in [1.54, 1.807) is 33.8 Å². The summed E-state index contributed by atoms with van der Waals surface area (Å²) in [4.78, 5) is 25.0. The van der Waals surface area contributed by atoms with Crippen molar-refractivity contribution in [3.63, 3.8) is 0 Å². The first-order valence-corrected chi connectivity index (χ1v) is 13.0. The van der Waals surface area contributed by atoms with Gasteiger partial charge in [-0.05, 0) is 77.0 Å². The van der Waals surface area contributed by atoms with Gasteiger partial charge in [0, 0.05) is 30.5 Å². The summed E-state index contributed by atoms with van der Waals surface area (Å²) in [5, 5.41) is 13.7. The number of hydrogen-bond acceptors (Lipinski definition) is 6.